The quantitative estimate of drug-likeness (QED) is 0.293. The van der Waals surface area contributed by atoms with Crippen LogP contribution in [-0.2, 0) is 4.79 Å². The highest BCUT2D eigenvalue weighted by atomic mass is 32.2. The van der Waals surface area contributed by atoms with Crippen LogP contribution >= 0.6 is 11.8 Å². The van der Waals surface area contributed by atoms with Crippen LogP contribution in [-0.4, -0.2) is 41.8 Å². The van der Waals surface area contributed by atoms with Crippen LogP contribution in [0, 0.1) is 10.1 Å². The Morgan fingerprint density at radius 3 is 2.86 bits per heavy atom. The van der Waals surface area contributed by atoms with Gasteiger partial charge in [0.1, 0.15) is 5.69 Å². The topological polar surface area (TPSA) is 129 Å². The van der Waals surface area contributed by atoms with E-state index in [0.717, 1.165) is 28.4 Å². The summed E-state index contributed by atoms with van der Waals surface area (Å²) in [5, 5.41) is 26.6. The zero-order chi connectivity index (χ0) is 20.2. The fraction of sp³-hybridized carbons (Fsp3) is 0.0556. The third kappa shape index (κ3) is 3.89. The van der Waals surface area contributed by atoms with Gasteiger partial charge in [-0.25, -0.2) is 0 Å². The number of para-hydroxylation sites is 2. The first kappa shape index (κ1) is 18.5. The van der Waals surface area contributed by atoms with Crippen molar-refractivity contribution in [1.29, 1.82) is 0 Å². The molecule has 11 heteroatoms. The van der Waals surface area contributed by atoms with E-state index >= 15 is 0 Å². The van der Waals surface area contributed by atoms with E-state index in [0.29, 0.717) is 5.16 Å². The molecule has 4 rings (SSSR count). The summed E-state index contributed by atoms with van der Waals surface area (Å²) in [6.45, 7) is 0. The van der Waals surface area contributed by atoms with Gasteiger partial charge in [-0.2, -0.15) is 4.68 Å². The van der Waals surface area contributed by atoms with Crippen molar-refractivity contribution in [3.8, 4) is 5.69 Å². The Kier molecular flexibility index (Phi) is 5.12. The number of benzene rings is 2. The molecular formula is C18H13N7O3S. The van der Waals surface area contributed by atoms with E-state index in [1.165, 1.54) is 22.9 Å². The number of aromatic nitrogens is 5. The normalized spacial score (nSPS) is 10.8. The SMILES string of the molecule is O=C(CSc1nnnn1-c1cccc2ncccc12)Nc1ccccc1[N+](=O)[O-]. The van der Waals surface area contributed by atoms with Gasteiger partial charge in [0.05, 0.1) is 21.9 Å². The molecule has 0 aliphatic rings. The van der Waals surface area contributed by atoms with Gasteiger partial charge in [-0.3, -0.25) is 19.9 Å². The van der Waals surface area contributed by atoms with Crippen molar-refractivity contribution >= 4 is 39.9 Å². The van der Waals surface area contributed by atoms with Crippen LogP contribution < -0.4 is 5.32 Å². The standard InChI is InChI=1S/C18H13N7O3S/c26-17(20-14-6-1-2-8-16(14)25(27)28)11-29-18-21-22-23-24(18)15-9-3-7-13-12(15)5-4-10-19-13/h1-10H,11H2,(H,20,26). The molecule has 1 N–H and O–H groups in total. The Morgan fingerprint density at radius 1 is 1.14 bits per heavy atom. The number of hydrogen-bond acceptors (Lipinski definition) is 8. The van der Waals surface area contributed by atoms with Gasteiger partial charge < -0.3 is 5.32 Å². The Balaban J connectivity index is 1.52. The molecule has 4 aromatic rings. The van der Waals surface area contributed by atoms with Crippen LogP contribution in [0.2, 0.25) is 0 Å². The second kappa shape index (κ2) is 8.02. The lowest BCUT2D eigenvalue weighted by molar-refractivity contribution is -0.383. The average molecular weight is 407 g/mol. The van der Waals surface area contributed by atoms with E-state index in [1.807, 2.05) is 30.3 Å². The molecule has 0 fully saturated rings. The third-order valence-corrected chi connectivity index (χ3v) is 4.92. The van der Waals surface area contributed by atoms with Gasteiger partial charge in [0, 0.05) is 17.6 Å². The minimum atomic E-state index is -0.544. The number of hydrogen-bond donors (Lipinski definition) is 1. The van der Waals surface area contributed by atoms with Gasteiger partial charge >= 0.3 is 0 Å². The molecule has 0 aliphatic heterocycles. The number of nitrogens with zero attached hydrogens (tertiary/aromatic N) is 6. The summed E-state index contributed by atoms with van der Waals surface area (Å²) in [7, 11) is 0. The number of carbonyl (C=O) groups excluding carboxylic acids is 1. The molecule has 0 unspecified atom stereocenters. The van der Waals surface area contributed by atoms with Crippen molar-refractivity contribution in [2.24, 2.45) is 0 Å². The maximum Gasteiger partial charge on any atom is 0.292 e. The summed E-state index contributed by atoms with van der Waals surface area (Å²) in [5.41, 5.74) is 1.51. The number of nitrogens with one attached hydrogen (secondary N) is 1. The molecule has 2 aromatic carbocycles. The summed E-state index contributed by atoms with van der Waals surface area (Å²) >= 11 is 1.12. The second-order valence-electron chi connectivity index (χ2n) is 5.83. The highest BCUT2D eigenvalue weighted by molar-refractivity contribution is 7.99. The van der Waals surface area contributed by atoms with Gasteiger partial charge in [-0.05, 0) is 40.8 Å². The van der Waals surface area contributed by atoms with E-state index in [1.54, 1.807) is 12.3 Å². The number of thioether (sulfide) groups is 1. The molecule has 0 spiro atoms. The maximum absolute atomic E-state index is 12.3. The largest absolute Gasteiger partial charge is 0.320 e. The molecular weight excluding hydrogens is 394 g/mol. The summed E-state index contributed by atoms with van der Waals surface area (Å²) in [6, 6.07) is 15.3. The number of carbonyl (C=O) groups is 1. The molecule has 144 valence electrons. The summed E-state index contributed by atoms with van der Waals surface area (Å²) < 4.78 is 1.53. The lowest BCUT2D eigenvalue weighted by Gasteiger charge is -2.08. The van der Waals surface area contributed by atoms with Crippen molar-refractivity contribution in [1.82, 2.24) is 25.2 Å². The number of rotatable bonds is 6. The lowest BCUT2D eigenvalue weighted by Crippen LogP contribution is -2.15. The molecule has 0 radical (unpaired) electrons. The van der Waals surface area contributed by atoms with Gasteiger partial charge in [0.2, 0.25) is 11.1 Å². The molecule has 0 saturated heterocycles. The number of nitro groups is 1. The Bertz CT molecular complexity index is 1210. The Hall–Kier alpha value is -3.86. The van der Waals surface area contributed by atoms with Crippen molar-refractivity contribution in [2.45, 2.75) is 5.16 Å². The van der Waals surface area contributed by atoms with Crippen LogP contribution in [0.15, 0.2) is 66.0 Å². The van der Waals surface area contributed by atoms with Crippen LogP contribution in [0.4, 0.5) is 11.4 Å². The van der Waals surface area contributed by atoms with Crippen molar-refractivity contribution in [3.63, 3.8) is 0 Å². The first-order valence-corrected chi connectivity index (χ1v) is 9.40. The predicted molar refractivity (Wildman–Crippen MR) is 107 cm³/mol. The van der Waals surface area contributed by atoms with Crippen molar-refractivity contribution in [3.05, 3.63) is 70.9 Å². The van der Waals surface area contributed by atoms with Crippen LogP contribution in [0.1, 0.15) is 0 Å². The molecule has 0 aliphatic carbocycles. The van der Waals surface area contributed by atoms with E-state index < -0.39 is 10.8 Å². The number of amides is 1. The number of fused-ring (bicyclic) bond motifs is 1. The van der Waals surface area contributed by atoms with Crippen LogP contribution in [0.3, 0.4) is 0 Å². The fourth-order valence-corrected chi connectivity index (χ4v) is 3.43. The Labute approximate surface area is 168 Å². The summed E-state index contributed by atoms with van der Waals surface area (Å²) in [4.78, 5) is 27.1. The zero-order valence-corrected chi connectivity index (χ0v) is 15.6. The smallest absolute Gasteiger partial charge is 0.292 e. The lowest BCUT2D eigenvalue weighted by atomic mass is 10.2. The first-order valence-electron chi connectivity index (χ1n) is 8.42. The Morgan fingerprint density at radius 2 is 2.00 bits per heavy atom. The molecule has 2 aromatic heterocycles. The minimum Gasteiger partial charge on any atom is -0.320 e. The highest BCUT2D eigenvalue weighted by Crippen LogP contribution is 2.26. The number of nitro benzene ring substituents is 1. The number of tetrazole rings is 1. The van der Waals surface area contributed by atoms with E-state index in [9.17, 15) is 14.9 Å². The van der Waals surface area contributed by atoms with Crippen molar-refractivity contribution < 1.29 is 9.72 Å². The van der Waals surface area contributed by atoms with E-state index in [-0.39, 0.29) is 17.1 Å². The molecule has 29 heavy (non-hydrogen) atoms. The molecule has 0 atom stereocenters. The first-order chi connectivity index (χ1) is 14.1. The average Bonchev–Trinajstić information content (AvgIpc) is 3.20. The van der Waals surface area contributed by atoms with Crippen molar-refractivity contribution in [2.75, 3.05) is 11.1 Å². The van der Waals surface area contributed by atoms with Gasteiger partial charge in [-0.1, -0.05) is 30.0 Å². The molecule has 0 saturated carbocycles. The van der Waals surface area contributed by atoms with E-state index in [4.69, 9.17) is 0 Å². The summed E-state index contributed by atoms with van der Waals surface area (Å²) in [6.07, 6.45) is 1.70. The predicted octanol–water partition coefficient (Wildman–Crippen LogP) is 2.85. The monoisotopic (exact) mass is 407 g/mol. The molecule has 10 nitrogen and oxygen atoms in total. The fourth-order valence-electron chi connectivity index (χ4n) is 2.75. The maximum atomic E-state index is 12.3. The van der Waals surface area contributed by atoms with E-state index in [2.05, 4.69) is 25.8 Å². The summed E-state index contributed by atoms with van der Waals surface area (Å²) in [5.74, 6) is -0.423. The third-order valence-electron chi connectivity index (χ3n) is 4.00. The zero-order valence-electron chi connectivity index (χ0n) is 14.8. The minimum absolute atomic E-state index is 0.0184. The van der Waals surface area contributed by atoms with Crippen LogP contribution in [0.5, 0.6) is 0 Å². The highest BCUT2D eigenvalue weighted by Gasteiger charge is 2.17. The molecule has 0 bridgehead atoms. The van der Waals surface area contributed by atoms with Crippen LogP contribution in [0.25, 0.3) is 16.6 Å². The van der Waals surface area contributed by atoms with Gasteiger partial charge in [-0.15, -0.1) is 5.10 Å². The number of pyridine rings is 1. The second-order valence-corrected chi connectivity index (χ2v) is 6.77. The van der Waals surface area contributed by atoms with Gasteiger partial charge in [0.25, 0.3) is 5.69 Å². The molecule has 2 heterocycles. The molecule has 1 amide bonds. The van der Waals surface area contributed by atoms with Gasteiger partial charge in [0.15, 0.2) is 0 Å². The number of anilines is 1.